The molecule has 0 bridgehead atoms. The van der Waals surface area contributed by atoms with E-state index in [-0.39, 0.29) is 11.9 Å². The molecular weight excluding hydrogens is 238 g/mol. The smallest absolute Gasteiger partial charge is 0.240 e. The molecule has 0 aliphatic heterocycles. The summed E-state index contributed by atoms with van der Waals surface area (Å²) in [6, 6.07) is 3.95. The van der Waals surface area contributed by atoms with Crippen LogP contribution in [0.3, 0.4) is 0 Å². The second kappa shape index (κ2) is 6.66. The van der Waals surface area contributed by atoms with Gasteiger partial charge in [-0.3, -0.25) is 9.78 Å². The summed E-state index contributed by atoms with van der Waals surface area (Å²) in [6.45, 7) is 2.75. The normalized spacial score (nSPS) is 16.1. The third kappa shape index (κ3) is 4.03. The number of amides is 1. The summed E-state index contributed by atoms with van der Waals surface area (Å²) in [6.07, 6.45) is 8.65. The molecule has 19 heavy (non-hydrogen) atoms. The lowest BCUT2D eigenvalue weighted by Gasteiger charge is -2.25. The van der Waals surface area contributed by atoms with Crippen LogP contribution in [0.15, 0.2) is 24.5 Å². The van der Waals surface area contributed by atoms with Gasteiger partial charge in [-0.1, -0.05) is 25.8 Å². The van der Waals surface area contributed by atoms with Gasteiger partial charge in [0.1, 0.15) is 0 Å². The summed E-state index contributed by atoms with van der Waals surface area (Å²) in [5.74, 6) is 0.0970. The highest BCUT2D eigenvalue weighted by molar-refractivity contribution is 5.82. The van der Waals surface area contributed by atoms with E-state index in [0.29, 0.717) is 12.6 Å². The van der Waals surface area contributed by atoms with E-state index in [2.05, 4.69) is 11.9 Å². The van der Waals surface area contributed by atoms with Crippen molar-refractivity contribution in [3.63, 3.8) is 0 Å². The molecule has 1 amide bonds. The molecule has 0 radical (unpaired) electrons. The van der Waals surface area contributed by atoms with Gasteiger partial charge in [-0.2, -0.15) is 0 Å². The van der Waals surface area contributed by atoms with Crippen molar-refractivity contribution in [3.8, 4) is 0 Å². The molecule has 1 aromatic rings. The molecule has 1 fully saturated rings. The van der Waals surface area contributed by atoms with Gasteiger partial charge in [-0.05, 0) is 30.9 Å². The third-order valence-corrected chi connectivity index (χ3v) is 3.53. The van der Waals surface area contributed by atoms with E-state index in [4.69, 9.17) is 5.73 Å². The maximum Gasteiger partial charge on any atom is 0.240 e. The van der Waals surface area contributed by atoms with E-state index in [1.807, 2.05) is 23.2 Å². The third-order valence-electron chi connectivity index (χ3n) is 3.53. The molecule has 104 valence electrons. The largest absolute Gasteiger partial charge is 0.334 e. The van der Waals surface area contributed by atoms with Crippen LogP contribution in [0, 0.1) is 0 Å². The van der Waals surface area contributed by atoms with Crippen LogP contribution in [0.5, 0.6) is 0 Å². The molecule has 2 rings (SSSR count). The van der Waals surface area contributed by atoms with Crippen molar-refractivity contribution in [1.29, 1.82) is 0 Å². The number of rotatable bonds is 7. The minimum atomic E-state index is -0.350. The molecule has 1 aliphatic rings. The Bertz CT molecular complexity index is 403. The lowest BCUT2D eigenvalue weighted by molar-refractivity contribution is -0.134. The molecule has 1 aliphatic carbocycles. The predicted molar refractivity (Wildman–Crippen MR) is 75.3 cm³/mol. The lowest BCUT2D eigenvalue weighted by atomic mass is 10.1. The summed E-state index contributed by atoms with van der Waals surface area (Å²) >= 11 is 0. The van der Waals surface area contributed by atoms with Crippen molar-refractivity contribution in [3.05, 3.63) is 30.1 Å². The molecular formula is C15H23N3O. The highest BCUT2D eigenvalue weighted by atomic mass is 16.2. The van der Waals surface area contributed by atoms with E-state index in [0.717, 1.165) is 37.7 Å². The molecule has 0 unspecified atom stereocenters. The summed E-state index contributed by atoms with van der Waals surface area (Å²) in [5, 5.41) is 0. The second-order valence-corrected chi connectivity index (χ2v) is 5.31. The molecule has 2 N–H and O–H groups in total. The molecule has 1 heterocycles. The van der Waals surface area contributed by atoms with Gasteiger partial charge in [0.15, 0.2) is 0 Å². The molecule has 0 aromatic carbocycles. The van der Waals surface area contributed by atoms with Gasteiger partial charge in [0.25, 0.3) is 0 Å². The Balaban J connectivity index is 1.97. The number of nitrogens with zero attached hydrogens (tertiary/aromatic N) is 2. The average Bonchev–Trinajstić information content (AvgIpc) is 3.27. The Morgan fingerprint density at radius 3 is 2.95 bits per heavy atom. The van der Waals surface area contributed by atoms with Crippen LogP contribution in [0.2, 0.25) is 0 Å². The van der Waals surface area contributed by atoms with Crippen molar-refractivity contribution in [1.82, 2.24) is 9.88 Å². The fourth-order valence-electron chi connectivity index (χ4n) is 2.22. The quantitative estimate of drug-likeness (QED) is 0.817. The number of unbranched alkanes of at least 4 members (excludes halogenated alkanes) is 1. The molecule has 4 nitrogen and oxygen atoms in total. The fourth-order valence-corrected chi connectivity index (χ4v) is 2.22. The van der Waals surface area contributed by atoms with E-state index in [1.165, 1.54) is 0 Å². The Kier molecular flexibility index (Phi) is 4.91. The number of carbonyl (C=O) groups is 1. The Hall–Kier alpha value is -1.42. The Labute approximate surface area is 115 Å². The Morgan fingerprint density at radius 2 is 2.37 bits per heavy atom. The first-order chi connectivity index (χ1) is 9.22. The van der Waals surface area contributed by atoms with Crippen molar-refractivity contribution in [2.24, 2.45) is 5.73 Å². The standard InChI is InChI=1S/C15H23N3O/c1-2-3-6-14(16)15(19)18(13-7-8-13)11-12-5-4-9-17-10-12/h4-5,9-10,13-14H,2-3,6-8,11,16H2,1H3/t14-/m0/s1. The van der Waals surface area contributed by atoms with E-state index in [1.54, 1.807) is 6.20 Å². The van der Waals surface area contributed by atoms with Crippen molar-refractivity contribution in [2.75, 3.05) is 0 Å². The van der Waals surface area contributed by atoms with Crippen LogP contribution in [0.1, 0.15) is 44.6 Å². The van der Waals surface area contributed by atoms with Crippen LogP contribution in [0.25, 0.3) is 0 Å². The van der Waals surface area contributed by atoms with E-state index in [9.17, 15) is 4.79 Å². The van der Waals surface area contributed by atoms with Crippen LogP contribution < -0.4 is 5.73 Å². The van der Waals surface area contributed by atoms with Gasteiger partial charge >= 0.3 is 0 Å². The topological polar surface area (TPSA) is 59.2 Å². The van der Waals surface area contributed by atoms with Gasteiger partial charge in [0, 0.05) is 25.0 Å². The SMILES string of the molecule is CCCC[C@H](N)C(=O)N(Cc1cccnc1)C1CC1. The van der Waals surface area contributed by atoms with Gasteiger partial charge in [-0.25, -0.2) is 0 Å². The number of pyridine rings is 1. The van der Waals surface area contributed by atoms with Gasteiger partial charge in [-0.15, -0.1) is 0 Å². The molecule has 1 aromatic heterocycles. The number of carbonyl (C=O) groups excluding carboxylic acids is 1. The van der Waals surface area contributed by atoms with Gasteiger partial charge in [0.2, 0.25) is 5.91 Å². The molecule has 0 spiro atoms. The summed E-state index contributed by atoms with van der Waals surface area (Å²) in [7, 11) is 0. The summed E-state index contributed by atoms with van der Waals surface area (Å²) in [4.78, 5) is 18.5. The maximum atomic E-state index is 12.4. The maximum absolute atomic E-state index is 12.4. The summed E-state index contributed by atoms with van der Waals surface area (Å²) in [5.41, 5.74) is 7.09. The highest BCUT2D eigenvalue weighted by Gasteiger charge is 2.34. The first-order valence-electron chi connectivity index (χ1n) is 7.17. The van der Waals surface area contributed by atoms with Crippen LogP contribution in [-0.4, -0.2) is 27.9 Å². The minimum Gasteiger partial charge on any atom is -0.334 e. The van der Waals surface area contributed by atoms with Crippen LogP contribution in [-0.2, 0) is 11.3 Å². The first-order valence-corrected chi connectivity index (χ1v) is 7.17. The predicted octanol–water partition coefficient (Wildman–Crippen LogP) is 2.09. The van der Waals surface area contributed by atoms with Gasteiger partial charge in [0.05, 0.1) is 6.04 Å². The van der Waals surface area contributed by atoms with E-state index >= 15 is 0 Å². The zero-order chi connectivity index (χ0) is 13.7. The summed E-state index contributed by atoms with van der Waals surface area (Å²) < 4.78 is 0. The monoisotopic (exact) mass is 261 g/mol. The fraction of sp³-hybridized carbons (Fsp3) is 0.600. The number of aromatic nitrogens is 1. The van der Waals surface area contributed by atoms with E-state index < -0.39 is 0 Å². The van der Waals surface area contributed by atoms with Gasteiger partial charge < -0.3 is 10.6 Å². The molecule has 4 heteroatoms. The zero-order valence-electron chi connectivity index (χ0n) is 11.6. The highest BCUT2D eigenvalue weighted by Crippen LogP contribution is 2.29. The minimum absolute atomic E-state index is 0.0970. The van der Waals surface area contributed by atoms with Crippen LogP contribution in [0.4, 0.5) is 0 Å². The number of nitrogens with two attached hydrogens (primary N) is 1. The zero-order valence-corrected chi connectivity index (χ0v) is 11.6. The van der Waals surface area contributed by atoms with Crippen LogP contribution >= 0.6 is 0 Å². The molecule has 1 saturated carbocycles. The number of hydrogen-bond donors (Lipinski definition) is 1. The lowest BCUT2D eigenvalue weighted by Crippen LogP contribution is -2.44. The Morgan fingerprint density at radius 1 is 1.58 bits per heavy atom. The average molecular weight is 261 g/mol. The first kappa shape index (κ1) is 14.0. The van der Waals surface area contributed by atoms with Crippen molar-refractivity contribution < 1.29 is 4.79 Å². The second-order valence-electron chi connectivity index (χ2n) is 5.31. The number of hydrogen-bond acceptors (Lipinski definition) is 3. The molecule has 0 saturated heterocycles. The van der Waals surface area contributed by atoms with Crippen molar-refractivity contribution >= 4 is 5.91 Å². The molecule has 1 atom stereocenters. The van der Waals surface area contributed by atoms with Crippen molar-refractivity contribution in [2.45, 2.75) is 57.7 Å².